The van der Waals surface area contributed by atoms with Gasteiger partial charge in [-0.3, -0.25) is 19.5 Å². The van der Waals surface area contributed by atoms with Crippen molar-refractivity contribution in [2.24, 2.45) is 0 Å². The molecule has 1 fully saturated rings. The first-order valence-corrected chi connectivity index (χ1v) is 9.28. The topological polar surface area (TPSA) is 74.3 Å². The second-order valence-electron chi connectivity index (χ2n) is 6.95. The monoisotopic (exact) mass is 366 g/mol. The van der Waals surface area contributed by atoms with Crippen LogP contribution in [0.25, 0.3) is 0 Å². The van der Waals surface area contributed by atoms with Crippen molar-refractivity contribution >= 4 is 11.8 Å². The van der Waals surface area contributed by atoms with Crippen LogP contribution in [0.5, 0.6) is 0 Å². The molecular weight excluding hydrogens is 340 g/mol. The summed E-state index contributed by atoms with van der Waals surface area (Å²) in [5.41, 5.74) is 4.10. The van der Waals surface area contributed by atoms with E-state index in [1.165, 1.54) is 11.1 Å². The van der Waals surface area contributed by atoms with Crippen LogP contribution in [0.3, 0.4) is 0 Å². The minimum atomic E-state index is -0.455. The lowest BCUT2D eigenvalue weighted by molar-refractivity contribution is -0.134. The summed E-state index contributed by atoms with van der Waals surface area (Å²) in [6.45, 7) is 6.36. The Morgan fingerprint density at radius 1 is 1.22 bits per heavy atom. The Morgan fingerprint density at radius 3 is 2.81 bits per heavy atom. The van der Waals surface area contributed by atoms with Crippen molar-refractivity contribution in [1.82, 2.24) is 20.5 Å². The molecule has 2 heterocycles. The van der Waals surface area contributed by atoms with Gasteiger partial charge >= 0.3 is 0 Å². The third-order valence-corrected chi connectivity index (χ3v) is 4.87. The van der Waals surface area contributed by atoms with Gasteiger partial charge in [-0.1, -0.05) is 30.3 Å². The molecule has 1 aromatic carbocycles. The lowest BCUT2D eigenvalue weighted by Gasteiger charge is -2.35. The summed E-state index contributed by atoms with van der Waals surface area (Å²) in [4.78, 5) is 31.3. The number of benzene rings is 1. The number of piperazine rings is 1. The van der Waals surface area contributed by atoms with Crippen LogP contribution in [0.2, 0.25) is 0 Å². The molecule has 27 heavy (non-hydrogen) atoms. The van der Waals surface area contributed by atoms with Gasteiger partial charge in [0, 0.05) is 25.3 Å². The highest BCUT2D eigenvalue weighted by molar-refractivity contribution is 5.88. The van der Waals surface area contributed by atoms with E-state index < -0.39 is 6.04 Å². The molecule has 0 unspecified atom stereocenters. The molecule has 2 N–H and O–H groups in total. The Labute approximate surface area is 160 Å². The number of hydrogen-bond donors (Lipinski definition) is 2. The van der Waals surface area contributed by atoms with E-state index in [1.54, 1.807) is 0 Å². The summed E-state index contributed by atoms with van der Waals surface area (Å²) in [5.74, 6) is -0.228. The molecule has 6 nitrogen and oxygen atoms in total. The van der Waals surface area contributed by atoms with Gasteiger partial charge in [-0.15, -0.1) is 0 Å². The van der Waals surface area contributed by atoms with E-state index in [0.717, 1.165) is 17.9 Å². The van der Waals surface area contributed by atoms with Crippen LogP contribution in [-0.4, -0.2) is 40.8 Å². The van der Waals surface area contributed by atoms with Crippen molar-refractivity contribution in [3.8, 4) is 0 Å². The van der Waals surface area contributed by atoms with Crippen LogP contribution in [-0.2, 0) is 22.7 Å². The molecule has 0 bridgehead atoms. The summed E-state index contributed by atoms with van der Waals surface area (Å²) in [6.07, 6.45) is 0.142. The molecule has 3 rings (SSSR count). The quantitative estimate of drug-likeness (QED) is 0.816. The molecule has 0 aliphatic carbocycles. The minimum Gasteiger partial charge on any atom is -0.353 e. The van der Waals surface area contributed by atoms with Crippen molar-refractivity contribution in [3.05, 3.63) is 65.0 Å². The maximum Gasteiger partial charge on any atom is 0.237 e. The van der Waals surface area contributed by atoms with E-state index in [9.17, 15) is 9.59 Å². The smallest absolute Gasteiger partial charge is 0.237 e. The Morgan fingerprint density at radius 2 is 2.04 bits per heavy atom. The highest BCUT2D eigenvalue weighted by atomic mass is 16.2. The van der Waals surface area contributed by atoms with Crippen LogP contribution >= 0.6 is 0 Å². The van der Waals surface area contributed by atoms with Gasteiger partial charge in [-0.25, -0.2) is 0 Å². The summed E-state index contributed by atoms with van der Waals surface area (Å²) >= 11 is 0. The fourth-order valence-corrected chi connectivity index (χ4v) is 3.31. The predicted octanol–water partition coefficient (Wildman–Crippen LogP) is 1.71. The molecule has 1 atom stereocenters. The van der Waals surface area contributed by atoms with E-state index in [-0.39, 0.29) is 18.2 Å². The lowest BCUT2D eigenvalue weighted by Crippen LogP contribution is -2.56. The van der Waals surface area contributed by atoms with Gasteiger partial charge in [0.05, 0.1) is 24.7 Å². The first-order valence-electron chi connectivity index (χ1n) is 9.28. The number of pyridine rings is 1. The normalized spacial score (nSPS) is 17.4. The predicted molar refractivity (Wildman–Crippen MR) is 104 cm³/mol. The van der Waals surface area contributed by atoms with Crippen molar-refractivity contribution in [2.45, 2.75) is 39.4 Å². The number of carbonyl (C=O) groups is 2. The van der Waals surface area contributed by atoms with Crippen LogP contribution in [0.1, 0.15) is 28.9 Å². The van der Waals surface area contributed by atoms with Gasteiger partial charge < -0.3 is 10.6 Å². The summed E-state index contributed by atoms with van der Waals surface area (Å²) in [6, 6.07) is 13.4. The fraction of sp³-hybridized carbons (Fsp3) is 0.381. The van der Waals surface area contributed by atoms with E-state index in [4.69, 9.17) is 0 Å². The van der Waals surface area contributed by atoms with Gasteiger partial charge in [0.1, 0.15) is 0 Å². The highest BCUT2D eigenvalue weighted by Crippen LogP contribution is 2.16. The average Bonchev–Trinajstić information content (AvgIpc) is 2.65. The second kappa shape index (κ2) is 8.77. The van der Waals surface area contributed by atoms with Crippen LogP contribution < -0.4 is 10.6 Å². The Bertz CT molecular complexity index is 821. The number of rotatable bonds is 6. The maximum absolute atomic E-state index is 12.4. The second-order valence-corrected chi connectivity index (χ2v) is 6.95. The largest absolute Gasteiger partial charge is 0.353 e. The van der Waals surface area contributed by atoms with Crippen LogP contribution in [0.4, 0.5) is 0 Å². The molecule has 1 aliphatic heterocycles. The SMILES string of the molecule is Cc1cccc(CNC(=O)C[C@H]2C(=O)NCCN2Cc2ccccc2C)n1. The van der Waals surface area contributed by atoms with Crippen molar-refractivity contribution < 1.29 is 9.59 Å². The Kier molecular flexibility index (Phi) is 6.19. The number of nitrogens with one attached hydrogen (secondary N) is 2. The van der Waals surface area contributed by atoms with E-state index >= 15 is 0 Å². The summed E-state index contributed by atoms with van der Waals surface area (Å²) in [5, 5.41) is 5.76. The molecule has 0 radical (unpaired) electrons. The number of aromatic nitrogens is 1. The highest BCUT2D eigenvalue weighted by Gasteiger charge is 2.31. The zero-order valence-electron chi connectivity index (χ0n) is 15.9. The zero-order valence-corrected chi connectivity index (χ0v) is 15.9. The van der Waals surface area contributed by atoms with Gasteiger partial charge in [0.15, 0.2) is 0 Å². The van der Waals surface area contributed by atoms with Crippen molar-refractivity contribution in [2.75, 3.05) is 13.1 Å². The lowest BCUT2D eigenvalue weighted by atomic mass is 10.0. The maximum atomic E-state index is 12.4. The summed E-state index contributed by atoms with van der Waals surface area (Å²) in [7, 11) is 0. The fourth-order valence-electron chi connectivity index (χ4n) is 3.31. The van der Waals surface area contributed by atoms with Gasteiger partial charge in [0.2, 0.25) is 11.8 Å². The van der Waals surface area contributed by atoms with Crippen LogP contribution in [0, 0.1) is 13.8 Å². The molecule has 142 valence electrons. The number of carbonyl (C=O) groups excluding carboxylic acids is 2. The van der Waals surface area contributed by atoms with Crippen molar-refractivity contribution in [1.29, 1.82) is 0 Å². The number of aryl methyl sites for hydroxylation is 2. The molecule has 1 aromatic heterocycles. The van der Waals surface area contributed by atoms with Gasteiger partial charge in [-0.2, -0.15) is 0 Å². The third kappa shape index (κ3) is 5.14. The molecule has 0 saturated carbocycles. The molecule has 0 spiro atoms. The third-order valence-electron chi connectivity index (χ3n) is 4.87. The molecule has 1 saturated heterocycles. The Balaban J connectivity index is 1.62. The van der Waals surface area contributed by atoms with E-state index in [1.807, 2.05) is 37.3 Å². The van der Waals surface area contributed by atoms with E-state index in [0.29, 0.717) is 19.6 Å². The van der Waals surface area contributed by atoms with Crippen molar-refractivity contribution in [3.63, 3.8) is 0 Å². The standard InChI is InChI=1S/C21H26N4O2/c1-15-6-3-4-8-17(15)14-25-11-10-22-21(27)19(25)12-20(26)23-13-18-9-5-7-16(2)24-18/h3-9,19H,10-14H2,1-2H3,(H,22,27)(H,23,26)/t19-/m0/s1. The Hall–Kier alpha value is -2.73. The van der Waals surface area contributed by atoms with Gasteiger partial charge in [0.25, 0.3) is 0 Å². The average molecular weight is 366 g/mol. The van der Waals surface area contributed by atoms with Crippen LogP contribution in [0.15, 0.2) is 42.5 Å². The van der Waals surface area contributed by atoms with Gasteiger partial charge in [-0.05, 0) is 37.1 Å². The van der Waals surface area contributed by atoms with E-state index in [2.05, 4.69) is 39.6 Å². The molecule has 6 heteroatoms. The minimum absolute atomic E-state index is 0.0846. The number of amides is 2. The first kappa shape index (κ1) is 19.0. The molecule has 2 amide bonds. The molecular formula is C21H26N4O2. The molecule has 1 aliphatic rings. The number of nitrogens with zero attached hydrogens (tertiary/aromatic N) is 2. The molecule has 2 aromatic rings. The summed E-state index contributed by atoms with van der Waals surface area (Å²) < 4.78 is 0. The number of hydrogen-bond acceptors (Lipinski definition) is 4. The zero-order chi connectivity index (χ0) is 19.2. The first-order chi connectivity index (χ1) is 13.0.